The number of aromatic amines is 1. The molecule has 0 fully saturated rings. The third kappa shape index (κ3) is 2.85. The van der Waals surface area contributed by atoms with Crippen LogP contribution >= 0.6 is 0 Å². The highest BCUT2D eigenvalue weighted by Crippen LogP contribution is 2.23. The van der Waals surface area contributed by atoms with Gasteiger partial charge in [0.1, 0.15) is 5.75 Å². The van der Waals surface area contributed by atoms with Crippen molar-refractivity contribution in [2.24, 2.45) is 12.0 Å². The van der Waals surface area contributed by atoms with E-state index in [1.54, 1.807) is 18.0 Å². The monoisotopic (exact) mass is 360 g/mol. The van der Waals surface area contributed by atoms with Crippen molar-refractivity contribution in [3.8, 4) is 11.4 Å². The number of fused-ring (bicyclic) bond motifs is 1. The largest absolute Gasteiger partial charge is 0.497 e. The molecule has 1 N–H and O–H groups in total. The Bertz CT molecular complexity index is 1200. The fourth-order valence-electron chi connectivity index (χ4n) is 3.19. The molecule has 136 valence electrons. The average Bonchev–Trinajstić information content (AvgIpc) is 3.19. The number of nitrogens with one attached hydrogen (secondary N) is 1. The molecule has 0 saturated carbocycles. The molecule has 0 unspecified atom stereocenters. The van der Waals surface area contributed by atoms with Gasteiger partial charge in [-0.3, -0.25) is 9.48 Å². The topological polar surface area (TPSA) is 64.3 Å². The SMILES string of the molecule is COc1ccc2[nH]cc(C=Nc3c(C)n(C)n(-c4ccccc4)c3=O)c2c1. The molecule has 4 rings (SSSR count). The highest BCUT2D eigenvalue weighted by atomic mass is 16.5. The third-order valence-corrected chi connectivity index (χ3v) is 4.78. The first kappa shape index (κ1) is 16.9. The Morgan fingerprint density at radius 1 is 1.15 bits per heavy atom. The Morgan fingerprint density at radius 2 is 1.93 bits per heavy atom. The molecule has 0 aliphatic heterocycles. The van der Waals surface area contributed by atoms with Gasteiger partial charge in [0, 0.05) is 35.9 Å². The number of H-pyrrole nitrogens is 1. The number of benzene rings is 2. The first-order chi connectivity index (χ1) is 13.1. The van der Waals surface area contributed by atoms with Crippen LogP contribution in [0.3, 0.4) is 0 Å². The van der Waals surface area contributed by atoms with Gasteiger partial charge in [-0.05, 0) is 37.3 Å². The van der Waals surface area contributed by atoms with Crippen LogP contribution in [0.5, 0.6) is 5.75 Å². The number of hydrogen-bond donors (Lipinski definition) is 1. The summed E-state index contributed by atoms with van der Waals surface area (Å²) in [5.41, 5.74) is 3.79. The number of nitrogens with zero attached hydrogens (tertiary/aromatic N) is 3. The van der Waals surface area contributed by atoms with Crippen molar-refractivity contribution in [3.05, 3.63) is 76.3 Å². The first-order valence-corrected chi connectivity index (χ1v) is 8.63. The minimum atomic E-state index is -0.144. The lowest BCUT2D eigenvalue weighted by Crippen LogP contribution is -2.19. The summed E-state index contributed by atoms with van der Waals surface area (Å²) < 4.78 is 8.75. The van der Waals surface area contributed by atoms with E-state index in [0.29, 0.717) is 5.69 Å². The van der Waals surface area contributed by atoms with Crippen LogP contribution in [-0.2, 0) is 7.05 Å². The highest BCUT2D eigenvalue weighted by Gasteiger charge is 2.15. The van der Waals surface area contributed by atoms with Gasteiger partial charge in [-0.2, -0.15) is 0 Å². The lowest BCUT2D eigenvalue weighted by atomic mass is 10.2. The van der Waals surface area contributed by atoms with Crippen LogP contribution in [0.15, 0.2) is 64.5 Å². The first-order valence-electron chi connectivity index (χ1n) is 8.63. The van der Waals surface area contributed by atoms with Crippen LogP contribution in [0.1, 0.15) is 11.3 Å². The quantitative estimate of drug-likeness (QED) is 0.564. The van der Waals surface area contributed by atoms with Crippen molar-refractivity contribution in [1.82, 2.24) is 14.3 Å². The lowest BCUT2D eigenvalue weighted by molar-refractivity contribution is 0.415. The number of aromatic nitrogens is 3. The molecule has 0 radical (unpaired) electrons. The van der Waals surface area contributed by atoms with Gasteiger partial charge < -0.3 is 9.72 Å². The van der Waals surface area contributed by atoms with Crippen LogP contribution in [0.2, 0.25) is 0 Å². The molecule has 4 aromatic rings. The number of para-hydroxylation sites is 1. The maximum absolute atomic E-state index is 12.9. The standard InChI is InChI=1S/C21H20N4O2/c1-14-20(21(26)25(24(14)2)16-7-5-4-6-8-16)23-13-15-12-22-19-10-9-17(27-3)11-18(15)19/h4-13,22H,1-3H3. The third-order valence-electron chi connectivity index (χ3n) is 4.78. The molecule has 2 heterocycles. The molecule has 0 bridgehead atoms. The molecule has 6 heteroatoms. The maximum Gasteiger partial charge on any atom is 0.297 e. The van der Waals surface area contributed by atoms with Crippen LogP contribution in [0.4, 0.5) is 5.69 Å². The van der Waals surface area contributed by atoms with Crippen molar-refractivity contribution >= 4 is 22.8 Å². The predicted molar refractivity (Wildman–Crippen MR) is 108 cm³/mol. The van der Waals surface area contributed by atoms with E-state index in [9.17, 15) is 4.79 Å². The van der Waals surface area contributed by atoms with E-state index < -0.39 is 0 Å². The Hall–Kier alpha value is -3.54. The molecule has 0 spiro atoms. The van der Waals surface area contributed by atoms with Crippen LogP contribution in [0, 0.1) is 6.92 Å². The predicted octanol–water partition coefficient (Wildman–Crippen LogP) is 3.72. The molecule has 27 heavy (non-hydrogen) atoms. The van der Waals surface area contributed by atoms with Gasteiger partial charge in [0.2, 0.25) is 0 Å². The minimum absolute atomic E-state index is 0.144. The summed E-state index contributed by atoms with van der Waals surface area (Å²) in [5.74, 6) is 0.777. The summed E-state index contributed by atoms with van der Waals surface area (Å²) >= 11 is 0. The summed E-state index contributed by atoms with van der Waals surface area (Å²) in [6.07, 6.45) is 3.60. The zero-order valence-corrected chi connectivity index (χ0v) is 15.4. The normalized spacial score (nSPS) is 11.5. The Labute approximate surface area is 156 Å². The van der Waals surface area contributed by atoms with E-state index in [1.807, 2.05) is 73.4 Å². The summed E-state index contributed by atoms with van der Waals surface area (Å²) in [4.78, 5) is 20.7. The van der Waals surface area contributed by atoms with Gasteiger partial charge in [0.25, 0.3) is 5.56 Å². The number of methoxy groups -OCH3 is 1. The number of ether oxygens (including phenoxy) is 1. The van der Waals surface area contributed by atoms with Gasteiger partial charge in [0.05, 0.1) is 18.5 Å². The lowest BCUT2D eigenvalue weighted by Gasteiger charge is -2.07. The highest BCUT2D eigenvalue weighted by molar-refractivity contribution is 6.00. The Morgan fingerprint density at radius 3 is 2.67 bits per heavy atom. The van der Waals surface area contributed by atoms with Gasteiger partial charge in [-0.25, -0.2) is 9.67 Å². The summed E-state index contributed by atoms with van der Waals surface area (Å²) in [6.45, 7) is 1.89. The Kier molecular flexibility index (Phi) is 4.16. The molecular weight excluding hydrogens is 340 g/mol. The van der Waals surface area contributed by atoms with Gasteiger partial charge in [-0.15, -0.1) is 0 Å². The molecular formula is C21H20N4O2. The molecule has 0 aliphatic rings. The molecule has 0 atom stereocenters. The van der Waals surface area contributed by atoms with E-state index in [0.717, 1.165) is 33.6 Å². The zero-order chi connectivity index (χ0) is 19.0. The summed E-state index contributed by atoms with van der Waals surface area (Å²) in [7, 11) is 3.50. The van der Waals surface area contributed by atoms with Gasteiger partial charge >= 0.3 is 0 Å². The molecule has 6 nitrogen and oxygen atoms in total. The zero-order valence-electron chi connectivity index (χ0n) is 15.4. The van der Waals surface area contributed by atoms with Gasteiger partial charge in [-0.1, -0.05) is 18.2 Å². The molecule has 0 aliphatic carbocycles. The van der Waals surface area contributed by atoms with Crippen LogP contribution in [-0.4, -0.2) is 27.7 Å². The fraction of sp³-hybridized carbons (Fsp3) is 0.143. The maximum atomic E-state index is 12.9. The number of aliphatic imine (C=N–C) groups is 1. The van der Waals surface area contributed by atoms with E-state index in [-0.39, 0.29) is 5.56 Å². The molecule has 2 aromatic carbocycles. The Balaban J connectivity index is 1.79. The van der Waals surface area contributed by atoms with E-state index in [2.05, 4.69) is 9.98 Å². The second-order valence-corrected chi connectivity index (χ2v) is 6.32. The van der Waals surface area contributed by atoms with E-state index in [1.165, 1.54) is 0 Å². The molecule has 0 saturated heterocycles. The number of hydrogen-bond acceptors (Lipinski definition) is 3. The van der Waals surface area contributed by atoms with Crippen molar-refractivity contribution in [3.63, 3.8) is 0 Å². The van der Waals surface area contributed by atoms with Crippen LogP contribution < -0.4 is 10.3 Å². The van der Waals surface area contributed by atoms with Crippen LogP contribution in [0.25, 0.3) is 16.6 Å². The average molecular weight is 360 g/mol. The van der Waals surface area contributed by atoms with Crippen molar-refractivity contribution < 1.29 is 4.74 Å². The molecule has 0 amide bonds. The second kappa shape index (κ2) is 6.64. The summed E-state index contributed by atoms with van der Waals surface area (Å²) in [5, 5.41) is 0.995. The van der Waals surface area contributed by atoms with E-state index in [4.69, 9.17) is 4.74 Å². The van der Waals surface area contributed by atoms with E-state index >= 15 is 0 Å². The minimum Gasteiger partial charge on any atom is -0.497 e. The van der Waals surface area contributed by atoms with Crippen molar-refractivity contribution in [2.45, 2.75) is 6.92 Å². The van der Waals surface area contributed by atoms with Crippen molar-refractivity contribution in [2.75, 3.05) is 7.11 Å². The second-order valence-electron chi connectivity index (χ2n) is 6.32. The van der Waals surface area contributed by atoms with Gasteiger partial charge in [0.15, 0.2) is 5.69 Å². The molecule has 2 aromatic heterocycles. The fourth-order valence-corrected chi connectivity index (χ4v) is 3.19. The smallest absolute Gasteiger partial charge is 0.297 e. The summed E-state index contributed by atoms with van der Waals surface area (Å²) in [6, 6.07) is 15.4. The van der Waals surface area contributed by atoms with Crippen molar-refractivity contribution in [1.29, 1.82) is 0 Å². The number of rotatable bonds is 4.